The Balaban J connectivity index is 0.000000142. The molecule has 0 radical (unpaired) electrons. The molecule has 0 aliphatic carbocycles. The number of thiol groups is 1. The predicted molar refractivity (Wildman–Crippen MR) is 343 cm³/mol. The van der Waals surface area contributed by atoms with Crippen molar-refractivity contribution in [1.29, 1.82) is 0 Å². The van der Waals surface area contributed by atoms with Crippen LogP contribution in [0.25, 0.3) is 22.3 Å². The number of ether oxygens (including phenoxy) is 3. The van der Waals surface area contributed by atoms with E-state index in [1.165, 1.54) is 27.8 Å². The van der Waals surface area contributed by atoms with Crippen LogP contribution < -0.4 is 5.32 Å². The number of hydrogen-bond donors (Lipinski definition) is 2. The summed E-state index contributed by atoms with van der Waals surface area (Å²) >= 11 is 20.5. The molecule has 12 rings (SSSR count). The van der Waals surface area contributed by atoms with E-state index in [4.69, 9.17) is 60.0 Å². The van der Waals surface area contributed by atoms with Crippen LogP contribution in [0.5, 0.6) is 0 Å². The maximum atomic E-state index is 6.39. The summed E-state index contributed by atoms with van der Waals surface area (Å²) in [5.41, 5.74) is 10.9. The van der Waals surface area contributed by atoms with Gasteiger partial charge in [0.2, 0.25) is 0 Å². The van der Waals surface area contributed by atoms with Crippen LogP contribution in [0.2, 0.25) is 10.0 Å². The normalized spacial score (nSPS) is 18.6. The van der Waals surface area contributed by atoms with Gasteiger partial charge in [0.25, 0.3) is 0 Å². The van der Waals surface area contributed by atoms with E-state index in [1.54, 1.807) is 23.5 Å². The SMILES string of the molecule is Clc1ccc(-c2cccnc2S[C@@H](c2ccccc2)[C@@H]2CN(Cc3ccccc3)CCO2)cc1.Clc1ccc(-c2cccnc2S[C@@H](c2ccccc2)[C@@H]2CNCCO2)cc1.S[C@@H](c1ccccc1)[C@@H]1CN(Cc2ccccc2)CCO1. The van der Waals surface area contributed by atoms with Crippen molar-refractivity contribution in [3.63, 3.8) is 0 Å². The van der Waals surface area contributed by atoms with Gasteiger partial charge in [-0.2, -0.15) is 12.6 Å². The molecule has 3 saturated heterocycles. The van der Waals surface area contributed by atoms with Crippen molar-refractivity contribution in [3.8, 4) is 22.3 Å². The maximum absolute atomic E-state index is 6.39. The van der Waals surface area contributed by atoms with E-state index in [-0.39, 0.29) is 34.1 Å². The smallest absolute Gasteiger partial charge is 0.104 e. The fourth-order valence-electron chi connectivity index (χ4n) is 10.4. The zero-order chi connectivity index (χ0) is 56.1. The lowest BCUT2D eigenvalue weighted by molar-refractivity contribution is -0.0320. The summed E-state index contributed by atoms with van der Waals surface area (Å²) in [6.45, 7) is 9.65. The van der Waals surface area contributed by atoms with Gasteiger partial charge < -0.3 is 19.5 Å². The molecular weight excluding hydrogens is 1110 g/mol. The van der Waals surface area contributed by atoms with Gasteiger partial charge >= 0.3 is 0 Å². The summed E-state index contributed by atoms with van der Waals surface area (Å²) in [6, 6.07) is 77.0. The lowest BCUT2D eigenvalue weighted by Gasteiger charge is -2.37. The summed E-state index contributed by atoms with van der Waals surface area (Å²) in [6.07, 6.45) is 4.03. The average Bonchev–Trinajstić information content (AvgIpc) is 3.56. The van der Waals surface area contributed by atoms with Gasteiger partial charge in [-0.25, -0.2) is 9.97 Å². The van der Waals surface area contributed by atoms with Crippen LogP contribution in [0.3, 0.4) is 0 Å². The quantitative estimate of drug-likeness (QED) is 0.0722. The van der Waals surface area contributed by atoms with Gasteiger partial charge in [0.05, 0.1) is 53.9 Å². The molecule has 2 aromatic heterocycles. The second kappa shape index (κ2) is 31.2. The van der Waals surface area contributed by atoms with E-state index >= 15 is 0 Å². The third-order valence-corrected chi connectivity index (χ3v) is 18.5. The molecule has 13 heteroatoms. The molecule has 3 aliphatic rings. The molecular formula is C69H69Cl2N5O3S3. The van der Waals surface area contributed by atoms with Crippen LogP contribution in [0.1, 0.15) is 43.6 Å². The second-order valence-corrected chi connectivity index (χ2v) is 24.0. The number of thioether (sulfide) groups is 2. The highest BCUT2D eigenvalue weighted by molar-refractivity contribution is 7.99. The minimum atomic E-state index is 0.0601. The number of benzene rings is 7. The Hall–Kier alpha value is -5.77. The largest absolute Gasteiger partial charge is 0.374 e. The Kier molecular flexibility index (Phi) is 22.6. The molecule has 3 fully saturated rings. The van der Waals surface area contributed by atoms with Crippen molar-refractivity contribution in [2.75, 3.05) is 59.1 Å². The van der Waals surface area contributed by atoms with Gasteiger partial charge in [0.15, 0.2) is 0 Å². The summed E-state index contributed by atoms with van der Waals surface area (Å²) in [4.78, 5) is 14.4. The Morgan fingerprint density at radius 1 is 0.463 bits per heavy atom. The standard InChI is InChI=1S/C29H27ClN2OS.C22H21ClN2OS.C18H21NOS/c30-25-15-13-23(14-16-25)26-12-7-17-31-29(26)34-28(24-10-5-2-6-11-24)27-21-32(18-19-33-27)20-22-8-3-1-4-9-22;23-18-10-8-16(9-11-18)19-7-4-12-25-22(19)27-21(17-5-2-1-3-6-17)20-15-24-13-14-26-20;21-18(16-9-5-2-6-10-16)17-14-19(11-12-20-17)13-15-7-3-1-4-8-15/h1-17,27-28H,18-21H2;1-12,20-21,24H,13-15H2;1-10,17-18,21H,11-14H2/t27-,28-;20-,21-;17-,18-/m000/s1. The number of hydrogen-bond acceptors (Lipinski definition) is 11. The van der Waals surface area contributed by atoms with E-state index < -0.39 is 0 Å². The fraction of sp³-hybridized carbons (Fsp3) is 0.246. The molecule has 0 saturated carbocycles. The highest BCUT2D eigenvalue weighted by Gasteiger charge is 2.32. The first-order valence-electron chi connectivity index (χ1n) is 28.1. The minimum absolute atomic E-state index is 0.0601. The zero-order valence-corrected chi connectivity index (χ0v) is 49.8. The molecule has 1 N–H and O–H groups in total. The Bertz CT molecular complexity index is 3280. The van der Waals surface area contributed by atoms with Gasteiger partial charge in [0.1, 0.15) is 10.1 Å². The maximum Gasteiger partial charge on any atom is 0.104 e. The molecule has 0 bridgehead atoms. The number of rotatable bonds is 16. The van der Waals surface area contributed by atoms with Crippen LogP contribution in [0.4, 0.5) is 0 Å². The second-order valence-electron chi connectivity index (χ2n) is 20.4. The van der Waals surface area contributed by atoms with Crippen LogP contribution in [-0.2, 0) is 27.3 Å². The molecule has 7 aromatic carbocycles. The van der Waals surface area contributed by atoms with Gasteiger partial charge in [-0.15, -0.1) is 0 Å². The minimum Gasteiger partial charge on any atom is -0.374 e. The third-order valence-electron chi connectivity index (χ3n) is 14.6. The van der Waals surface area contributed by atoms with Crippen LogP contribution in [-0.4, -0.2) is 97.2 Å². The van der Waals surface area contributed by atoms with Crippen LogP contribution >= 0.6 is 59.4 Å². The molecule has 8 nitrogen and oxygen atoms in total. The number of aromatic nitrogens is 2. The third kappa shape index (κ3) is 17.2. The molecule has 6 atom stereocenters. The van der Waals surface area contributed by atoms with Crippen molar-refractivity contribution in [3.05, 3.63) is 275 Å². The van der Waals surface area contributed by atoms with E-state index in [2.05, 4.69) is 179 Å². The highest BCUT2D eigenvalue weighted by Crippen LogP contribution is 2.44. The summed E-state index contributed by atoms with van der Waals surface area (Å²) in [5.74, 6) is 0. The highest BCUT2D eigenvalue weighted by atomic mass is 35.5. The number of halogens is 2. The number of morpholine rings is 3. The predicted octanol–water partition coefficient (Wildman–Crippen LogP) is 15.9. The molecule has 420 valence electrons. The van der Waals surface area contributed by atoms with E-state index in [0.29, 0.717) is 0 Å². The van der Waals surface area contributed by atoms with Gasteiger partial charge in [-0.1, -0.05) is 235 Å². The Morgan fingerprint density at radius 2 is 0.866 bits per heavy atom. The Morgan fingerprint density at radius 3 is 1.32 bits per heavy atom. The van der Waals surface area contributed by atoms with Crippen LogP contribution in [0, 0.1) is 0 Å². The lowest BCUT2D eigenvalue weighted by Crippen LogP contribution is -2.44. The molecule has 5 heterocycles. The van der Waals surface area contributed by atoms with Gasteiger partial charge in [0, 0.05) is 85.9 Å². The summed E-state index contributed by atoms with van der Waals surface area (Å²) in [5, 5.41) is 7.35. The average molecular weight is 1180 g/mol. The molecule has 82 heavy (non-hydrogen) atoms. The zero-order valence-electron chi connectivity index (χ0n) is 45.8. The molecule has 0 amide bonds. The van der Waals surface area contributed by atoms with Crippen molar-refractivity contribution in [1.82, 2.24) is 25.1 Å². The Labute approximate surface area is 508 Å². The summed E-state index contributed by atoms with van der Waals surface area (Å²) in [7, 11) is 0. The van der Waals surface area contributed by atoms with Crippen molar-refractivity contribution >= 4 is 59.4 Å². The summed E-state index contributed by atoms with van der Waals surface area (Å²) < 4.78 is 18.4. The number of pyridine rings is 2. The van der Waals surface area contributed by atoms with Gasteiger partial charge in [-0.3, -0.25) is 9.80 Å². The van der Waals surface area contributed by atoms with Crippen molar-refractivity contribution < 1.29 is 14.2 Å². The molecule has 9 aromatic rings. The molecule has 0 spiro atoms. The first-order chi connectivity index (χ1) is 40.4. The van der Waals surface area contributed by atoms with E-state index in [1.807, 2.05) is 73.1 Å². The topological polar surface area (TPSA) is 72.0 Å². The van der Waals surface area contributed by atoms with Crippen molar-refractivity contribution in [2.24, 2.45) is 0 Å². The van der Waals surface area contributed by atoms with E-state index in [9.17, 15) is 0 Å². The first-order valence-corrected chi connectivity index (χ1v) is 31.1. The first kappa shape index (κ1) is 59.4. The monoisotopic (exact) mass is 1180 g/mol. The molecule has 3 aliphatic heterocycles. The van der Waals surface area contributed by atoms with Crippen molar-refractivity contribution in [2.45, 2.75) is 57.2 Å². The number of nitrogens with one attached hydrogen (secondary N) is 1. The van der Waals surface area contributed by atoms with Gasteiger partial charge in [-0.05, 0) is 75.3 Å². The number of nitrogens with zero attached hydrogens (tertiary/aromatic N) is 4. The lowest BCUT2D eigenvalue weighted by atomic mass is 10.1. The van der Waals surface area contributed by atoms with E-state index in [0.717, 1.165) is 115 Å². The fourth-order valence-corrected chi connectivity index (χ4v) is 13.5. The van der Waals surface area contributed by atoms with Crippen LogP contribution in [0.15, 0.2) is 247 Å². The molecule has 0 unspecified atom stereocenters.